The van der Waals surface area contributed by atoms with Gasteiger partial charge < -0.3 is 10.3 Å². The molecule has 28 heavy (non-hydrogen) atoms. The molecular weight excluding hydrogens is 346 g/mol. The number of aliphatic hydroxyl groups is 1. The summed E-state index contributed by atoms with van der Waals surface area (Å²) in [5.74, 6) is 0. The van der Waals surface area contributed by atoms with Gasteiger partial charge in [-0.15, -0.1) is 0 Å². The van der Waals surface area contributed by atoms with Crippen LogP contribution in [0, 0.1) is 0 Å². The highest BCUT2D eigenvalue weighted by atomic mass is 16.4. The minimum atomic E-state index is -0.441. The molecule has 3 heteroatoms. The van der Waals surface area contributed by atoms with E-state index in [0.29, 0.717) is 12.1 Å². The number of hydrogen-bond donors (Lipinski definition) is 2. The molecule has 0 saturated carbocycles. The first kappa shape index (κ1) is 22.2. The van der Waals surface area contributed by atoms with Gasteiger partial charge in [0.2, 0.25) is 0 Å². The van der Waals surface area contributed by atoms with Gasteiger partial charge in [0.15, 0.2) is 0 Å². The lowest BCUT2D eigenvalue weighted by atomic mass is 9.91. The van der Waals surface area contributed by atoms with E-state index in [1.54, 1.807) is 6.92 Å². The maximum Gasteiger partial charge on any atom is 0.117 e. The zero-order chi connectivity index (χ0) is 20.2. The molecule has 0 fully saturated rings. The van der Waals surface area contributed by atoms with Gasteiger partial charge in [0, 0.05) is 11.1 Å². The maximum absolute atomic E-state index is 9.88. The van der Waals surface area contributed by atoms with Gasteiger partial charge in [0.25, 0.3) is 0 Å². The van der Waals surface area contributed by atoms with E-state index in [4.69, 9.17) is 0 Å². The van der Waals surface area contributed by atoms with Crippen LogP contribution < -0.4 is 0 Å². The van der Waals surface area contributed by atoms with Crippen molar-refractivity contribution in [2.75, 3.05) is 0 Å². The summed E-state index contributed by atoms with van der Waals surface area (Å²) in [6.45, 7) is 4.03. The molecule has 0 aliphatic rings. The monoisotopic (exact) mass is 381 g/mol. The highest BCUT2D eigenvalue weighted by Gasteiger charge is 2.15. The molecule has 0 aliphatic heterocycles. The summed E-state index contributed by atoms with van der Waals surface area (Å²) in [6, 6.07) is 16.1. The second-order valence-corrected chi connectivity index (χ2v) is 7.73. The number of aryl methyl sites for hydroxylation is 1. The Morgan fingerprint density at radius 2 is 1.61 bits per heavy atom. The van der Waals surface area contributed by atoms with Crippen molar-refractivity contribution in [2.24, 2.45) is 5.16 Å². The largest absolute Gasteiger partial charge is 0.410 e. The molecule has 2 aromatic rings. The van der Waals surface area contributed by atoms with E-state index in [-0.39, 0.29) is 0 Å². The lowest BCUT2D eigenvalue weighted by molar-refractivity contribution is 0.195. The Balaban J connectivity index is 2.11. The fourth-order valence-corrected chi connectivity index (χ4v) is 3.65. The van der Waals surface area contributed by atoms with Crippen LogP contribution in [-0.4, -0.2) is 22.1 Å². The minimum Gasteiger partial charge on any atom is -0.410 e. The lowest BCUT2D eigenvalue weighted by Gasteiger charge is -2.15. The van der Waals surface area contributed by atoms with E-state index >= 15 is 0 Å². The van der Waals surface area contributed by atoms with Gasteiger partial charge in [-0.1, -0.05) is 93.1 Å². The van der Waals surface area contributed by atoms with Crippen LogP contribution in [0.5, 0.6) is 0 Å². The molecule has 0 aliphatic carbocycles. The fourth-order valence-electron chi connectivity index (χ4n) is 3.65. The van der Waals surface area contributed by atoms with E-state index < -0.39 is 6.10 Å². The summed E-state index contributed by atoms with van der Waals surface area (Å²) < 4.78 is 0. The molecule has 0 spiro atoms. The van der Waals surface area contributed by atoms with Crippen molar-refractivity contribution in [1.29, 1.82) is 0 Å². The zero-order valence-electron chi connectivity index (χ0n) is 17.4. The fraction of sp³-hybridized carbons (Fsp3) is 0.480. The highest BCUT2D eigenvalue weighted by Crippen LogP contribution is 2.21. The standard InChI is InChI=1S/C25H35NO2/c1-3-4-5-6-7-8-10-13-21-16-17-23(18-20(2)27)24(19-21)25(26-28)22-14-11-9-12-15-22/h9,11-12,14-17,19-20,27-28H,3-8,10,13,18H2,1-2H3. The van der Waals surface area contributed by atoms with Crippen LogP contribution in [0.4, 0.5) is 0 Å². The van der Waals surface area contributed by atoms with Crippen molar-refractivity contribution in [1.82, 2.24) is 0 Å². The Labute approximate surface area is 170 Å². The van der Waals surface area contributed by atoms with Crippen LogP contribution in [0.25, 0.3) is 0 Å². The molecule has 2 aromatic carbocycles. The smallest absolute Gasteiger partial charge is 0.117 e. The summed E-state index contributed by atoms with van der Waals surface area (Å²) in [7, 11) is 0. The van der Waals surface area contributed by atoms with Crippen LogP contribution >= 0.6 is 0 Å². The second-order valence-electron chi connectivity index (χ2n) is 7.73. The van der Waals surface area contributed by atoms with Crippen LogP contribution in [-0.2, 0) is 12.8 Å². The topological polar surface area (TPSA) is 52.8 Å². The molecule has 0 aromatic heterocycles. The van der Waals surface area contributed by atoms with Crippen molar-refractivity contribution in [3.05, 3.63) is 70.8 Å². The van der Waals surface area contributed by atoms with Crippen molar-refractivity contribution in [3.8, 4) is 0 Å². The number of oxime groups is 1. The average Bonchev–Trinajstić information content (AvgIpc) is 2.70. The zero-order valence-corrected chi connectivity index (χ0v) is 17.4. The molecule has 152 valence electrons. The quantitative estimate of drug-likeness (QED) is 0.201. The number of aliphatic hydroxyl groups excluding tert-OH is 1. The third-order valence-electron chi connectivity index (χ3n) is 5.16. The number of nitrogens with zero attached hydrogens (tertiary/aromatic N) is 1. The Morgan fingerprint density at radius 3 is 2.25 bits per heavy atom. The Bertz CT molecular complexity index is 723. The first-order valence-electron chi connectivity index (χ1n) is 10.7. The molecule has 2 N–H and O–H groups in total. The summed E-state index contributed by atoms with van der Waals surface area (Å²) in [5, 5.41) is 23.2. The Morgan fingerprint density at radius 1 is 0.929 bits per heavy atom. The minimum absolute atomic E-state index is 0.441. The van der Waals surface area contributed by atoms with Gasteiger partial charge >= 0.3 is 0 Å². The predicted octanol–water partition coefficient (Wildman–Crippen LogP) is 6.13. The lowest BCUT2D eigenvalue weighted by Crippen LogP contribution is -2.12. The molecule has 0 saturated heterocycles. The van der Waals surface area contributed by atoms with Crippen molar-refractivity contribution in [3.63, 3.8) is 0 Å². The molecule has 2 rings (SSSR count). The van der Waals surface area contributed by atoms with Gasteiger partial charge in [-0.25, -0.2) is 0 Å². The summed E-state index contributed by atoms with van der Waals surface area (Å²) in [5.41, 5.74) is 4.63. The van der Waals surface area contributed by atoms with E-state index in [1.807, 2.05) is 30.3 Å². The molecule has 3 nitrogen and oxygen atoms in total. The SMILES string of the molecule is CCCCCCCCCc1ccc(CC(C)O)c(C(=NO)c2ccccc2)c1. The second kappa shape index (κ2) is 12.4. The average molecular weight is 382 g/mol. The van der Waals surface area contributed by atoms with Crippen LogP contribution in [0.15, 0.2) is 53.7 Å². The summed E-state index contributed by atoms with van der Waals surface area (Å²) >= 11 is 0. The molecule has 0 heterocycles. The Kier molecular flexibility index (Phi) is 9.78. The van der Waals surface area contributed by atoms with E-state index in [0.717, 1.165) is 23.1 Å². The van der Waals surface area contributed by atoms with Gasteiger partial charge in [-0.05, 0) is 43.4 Å². The molecule has 1 atom stereocenters. The molecule has 0 bridgehead atoms. The molecule has 1 unspecified atom stereocenters. The maximum atomic E-state index is 9.88. The third kappa shape index (κ3) is 7.12. The first-order chi connectivity index (χ1) is 13.7. The molecule has 0 radical (unpaired) electrons. The third-order valence-corrected chi connectivity index (χ3v) is 5.16. The number of hydrogen-bond acceptors (Lipinski definition) is 3. The van der Waals surface area contributed by atoms with E-state index in [1.165, 1.54) is 50.5 Å². The first-order valence-corrected chi connectivity index (χ1v) is 10.7. The van der Waals surface area contributed by atoms with Crippen molar-refractivity contribution >= 4 is 5.71 Å². The van der Waals surface area contributed by atoms with Crippen LogP contribution in [0.1, 0.15) is 81.0 Å². The number of benzene rings is 2. The number of rotatable bonds is 12. The van der Waals surface area contributed by atoms with Crippen LogP contribution in [0.2, 0.25) is 0 Å². The Hall–Kier alpha value is -2.13. The van der Waals surface area contributed by atoms with Gasteiger partial charge in [-0.3, -0.25) is 0 Å². The van der Waals surface area contributed by atoms with Gasteiger partial charge in [0.05, 0.1) is 6.10 Å². The molecule has 0 amide bonds. The van der Waals surface area contributed by atoms with Crippen molar-refractivity contribution in [2.45, 2.75) is 77.7 Å². The van der Waals surface area contributed by atoms with Crippen molar-refractivity contribution < 1.29 is 10.3 Å². The molecular formula is C25H35NO2. The summed E-state index contributed by atoms with van der Waals surface area (Å²) in [6.07, 6.45) is 10.2. The normalized spacial score (nSPS) is 12.9. The van der Waals surface area contributed by atoms with Gasteiger partial charge in [-0.2, -0.15) is 0 Å². The van der Waals surface area contributed by atoms with E-state index in [2.05, 4.69) is 30.3 Å². The summed E-state index contributed by atoms with van der Waals surface area (Å²) in [4.78, 5) is 0. The van der Waals surface area contributed by atoms with Crippen LogP contribution in [0.3, 0.4) is 0 Å². The van der Waals surface area contributed by atoms with E-state index in [9.17, 15) is 10.3 Å². The predicted molar refractivity (Wildman–Crippen MR) is 117 cm³/mol. The highest BCUT2D eigenvalue weighted by molar-refractivity contribution is 6.13. The number of unbranched alkanes of at least 4 members (excludes halogenated alkanes) is 6. The van der Waals surface area contributed by atoms with Gasteiger partial charge in [0.1, 0.15) is 5.71 Å².